The standard InChI is InChI=1S/C19H27N3O2.2ClH/c23-19(15-18-16-20-8-14-24-18)22-12-10-21(11-13-22)9-4-7-17-5-2-1-3-6-17;;/h1-7,18,20H,8-16H2;2*1H. The number of piperazine rings is 1. The second-order valence-corrected chi connectivity index (χ2v) is 6.40. The Labute approximate surface area is 168 Å². The van der Waals surface area contributed by atoms with E-state index in [1.807, 2.05) is 11.0 Å². The maximum Gasteiger partial charge on any atom is 0.225 e. The van der Waals surface area contributed by atoms with Gasteiger partial charge in [-0.05, 0) is 5.56 Å². The van der Waals surface area contributed by atoms with E-state index >= 15 is 0 Å². The predicted octanol–water partition coefficient (Wildman–Crippen LogP) is 2.07. The van der Waals surface area contributed by atoms with Crippen molar-refractivity contribution < 1.29 is 9.53 Å². The van der Waals surface area contributed by atoms with Gasteiger partial charge in [-0.1, -0.05) is 42.5 Å². The van der Waals surface area contributed by atoms with E-state index in [0.717, 1.165) is 45.8 Å². The van der Waals surface area contributed by atoms with Crippen LogP contribution in [0.2, 0.25) is 0 Å². The van der Waals surface area contributed by atoms with E-state index in [9.17, 15) is 4.79 Å². The van der Waals surface area contributed by atoms with Crippen molar-refractivity contribution in [2.45, 2.75) is 12.5 Å². The molecule has 1 aromatic rings. The summed E-state index contributed by atoms with van der Waals surface area (Å²) in [4.78, 5) is 16.7. The van der Waals surface area contributed by atoms with E-state index in [2.05, 4.69) is 46.6 Å². The van der Waals surface area contributed by atoms with Crippen molar-refractivity contribution in [1.82, 2.24) is 15.1 Å². The number of halogens is 2. The minimum atomic E-state index is 0. The highest BCUT2D eigenvalue weighted by Gasteiger charge is 2.24. The van der Waals surface area contributed by atoms with Crippen molar-refractivity contribution in [3.63, 3.8) is 0 Å². The summed E-state index contributed by atoms with van der Waals surface area (Å²) in [5.74, 6) is 0.225. The van der Waals surface area contributed by atoms with Gasteiger partial charge in [-0.25, -0.2) is 0 Å². The molecule has 2 aliphatic heterocycles. The van der Waals surface area contributed by atoms with Gasteiger partial charge >= 0.3 is 0 Å². The van der Waals surface area contributed by atoms with Gasteiger partial charge in [0.25, 0.3) is 0 Å². The second kappa shape index (κ2) is 12.3. The van der Waals surface area contributed by atoms with Crippen molar-refractivity contribution >= 4 is 36.8 Å². The monoisotopic (exact) mass is 401 g/mol. The van der Waals surface area contributed by atoms with Gasteiger partial charge in [0.05, 0.1) is 19.1 Å². The third kappa shape index (κ3) is 7.25. The highest BCUT2D eigenvalue weighted by molar-refractivity contribution is 5.85. The normalized spacial score (nSPS) is 21.1. The summed E-state index contributed by atoms with van der Waals surface area (Å²) in [6.07, 6.45) is 4.90. The van der Waals surface area contributed by atoms with Gasteiger partial charge in [-0.15, -0.1) is 24.8 Å². The third-order valence-electron chi connectivity index (χ3n) is 4.61. The summed E-state index contributed by atoms with van der Waals surface area (Å²) >= 11 is 0. The Morgan fingerprint density at radius 1 is 1.15 bits per heavy atom. The van der Waals surface area contributed by atoms with Crippen molar-refractivity contribution in [2.24, 2.45) is 0 Å². The highest BCUT2D eigenvalue weighted by atomic mass is 35.5. The lowest BCUT2D eigenvalue weighted by molar-refractivity contribution is -0.136. The van der Waals surface area contributed by atoms with Gasteiger partial charge in [0.15, 0.2) is 0 Å². The zero-order valence-corrected chi connectivity index (χ0v) is 16.6. The van der Waals surface area contributed by atoms with Crippen LogP contribution in [-0.2, 0) is 9.53 Å². The van der Waals surface area contributed by atoms with E-state index in [-0.39, 0.29) is 36.8 Å². The van der Waals surface area contributed by atoms with Crippen LogP contribution in [0.4, 0.5) is 0 Å². The highest BCUT2D eigenvalue weighted by Crippen LogP contribution is 2.09. The van der Waals surface area contributed by atoms with Gasteiger partial charge in [0.2, 0.25) is 5.91 Å². The van der Waals surface area contributed by atoms with Crippen molar-refractivity contribution in [2.75, 3.05) is 52.4 Å². The lowest BCUT2D eigenvalue weighted by Crippen LogP contribution is -2.50. The minimum Gasteiger partial charge on any atom is -0.375 e. The van der Waals surface area contributed by atoms with Crippen LogP contribution in [0.15, 0.2) is 36.4 Å². The molecule has 0 spiro atoms. The van der Waals surface area contributed by atoms with Gasteiger partial charge in [-0.2, -0.15) is 0 Å². The number of amides is 1. The van der Waals surface area contributed by atoms with E-state index in [4.69, 9.17) is 4.74 Å². The molecule has 0 bridgehead atoms. The van der Waals surface area contributed by atoms with E-state index in [1.165, 1.54) is 5.56 Å². The molecular formula is C19H29Cl2N3O2. The Balaban J connectivity index is 0.00000169. The Kier molecular flexibility index (Phi) is 10.9. The molecule has 0 radical (unpaired) electrons. The quantitative estimate of drug-likeness (QED) is 0.819. The number of nitrogens with one attached hydrogen (secondary N) is 1. The van der Waals surface area contributed by atoms with Gasteiger partial charge in [-0.3, -0.25) is 9.69 Å². The van der Waals surface area contributed by atoms with Crippen LogP contribution >= 0.6 is 24.8 Å². The maximum absolute atomic E-state index is 12.4. The maximum atomic E-state index is 12.4. The lowest BCUT2D eigenvalue weighted by atomic mass is 10.2. The van der Waals surface area contributed by atoms with Crippen molar-refractivity contribution in [3.05, 3.63) is 42.0 Å². The van der Waals surface area contributed by atoms with Crippen LogP contribution in [0.1, 0.15) is 12.0 Å². The van der Waals surface area contributed by atoms with Crippen LogP contribution in [-0.4, -0.2) is 74.2 Å². The summed E-state index contributed by atoms with van der Waals surface area (Å²) in [6, 6.07) is 10.3. The van der Waals surface area contributed by atoms with Crippen LogP contribution in [0.25, 0.3) is 6.08 Å². The Morgan fingerprint density at radius 2 is 1.88 bits per heavy atom. The van der Waals surface area contributed by atoms with Crippen molar-refractivity contribution in [3.8, 4) is 0 Å². The second-order valence-electron chi connectivity index (χ2n) is 6.40. The molecule has 1 N–H and O–H groups in total. The molecule has 2 fully saturated rings. The number of rotatable bonds is 5. The molecule has 2 heterocycles. The summed E-state index contributed by atoms with van der Waals surface area (Å²) in [5, 5.41) is 3.28. The molecule has 0 saturated carbocycles. The number of carbonyl (C=O) groups excluding carboxylic acids is 1. The van der Waals surface area contributed by atoms with E-state index in [0.29, 0.717) is 13.0 Å². The number of ether oxygens (including phenoxy) is 1. The molecule has 2 saturated heterocycles. The van der Waals surface area contributed by atoms with Crippen LogP contribution in [0, 0.1) is 0 Å². The molecule has 26 heavy (non-hydrogen) atoms. The fourth-order valence-electron chi connectivity index (χ4n) is 3.16. The molecule has 0 aromatic heterocycles. The predicted molar refractivity (Wildman–Crippen MR) is 110 cm³/mol. The lowest BCUT2D eigenvalue weighted by Gasteiger charge is -2.35. The SMILES string of the molecule is Cl.Cl.O=C(CC1CNCCO1)N1CCN(CC=Cc2ccccc2)CC1. The third-order valence-corrected chi connectivity index (χ3v) is 4.61. The first-order valence-corrected chi connectivity index (χ1v) is 8.85. The Morgan fingerprint density at radius 3 is 2.54 bits per heavy atom. The molecule has 146 valence electrons. The van der Waals surface area contributed by atoms with Gasteiger partial charge < -0.3 is 15.0 Å². The first-order valence-electron chi connectivity index (χ1n) is 8.85. The molecule has 5 nitrogen and oxygen atoms in total. The van der Waals surface area contributed by atoms with E-state index < -0.39 is 0 Å². The number of hydrogen-bond donors (Lipinski definition) is 1. The zero-order valence-electron chi connectivity index (χ0n) is 15.0. The first kappa shape index (κ1) is 22.9. The largest absolute Gasteiger partial charge is 0.375 e. The average molecular weight is 402 g/mol. The van der Waals surface area contributed by atoms with Gasteiger partial charge in [0, 0.05) is 45.8 Å². The van der Waals surface area contributed by atoms with Crippen LogP contribution < -0.4 is 5.32 Å². The Bertz CT molecular complexity index is 543. The molecule has 1 unspecified atom stereocenters. The molecule has 1 amide bonds. The van der Waals surface area contributed by atoms with Crippen LogP contribution in [0.5, 0.6) is 0 Å². The molecule has 7 heteroatoms. The number of benzene rings is 1. The molecule has 0 aliphatic carbocycles. The summed E-state index contributed by atoms with van der Waals surface area (Å²) < 4.78 is 5.63. The van der Waals surface area contributed by atoms with Crippen LogP contribution in [0.3, 0.4) is 0 Å². The molecular weight excluding hydrogens is 373 g/mol. The number of hydrogen-bond acceptors (Lipinski definition) is 4. The number of morpholine rings is 1. The van der Waals surface area contributed by atoms with E-state index in [1.54, 1.807) is 0 Å². The summed E-state index contributed by atoms with van der Waals surface area (Å²) in [7, 11) is 0. The fourth-order valence-corrected chi connectivity index (χ4v) is 3.16. The first-order chi connectivity index (χ1) is 11.8. The summed E-state index contributed by atoms with van der Waals surface area (Å²) in [6.45, 7) is 6.83. The average Bonchev–Trinajstić information content (AvgIpc) is 2.64. The number of nitrogens with zero attached hydrogens (tertiary/aromatic N) is 2. The smallest absolute Gasteiger partial charge is 0.225 e. The summed E-state index contributed by atoms with van der Waals surface area (Å²) in [5.41, 5.74) is 1.23. The van der Waals surface area contributed by atoms with Gasteiger partial charge in [0.1, 0.15) is 0 Å². The fraction of sp³-hybridized carbons (Fsp3) is 0.526. The minimum absolute atomic E-state index is 0. The zero-order chi connectivity index (χ0) is 16.6. The molecule has 1 aromatic carbocycles. The molecule has 2 aliphatic rings. The van der Waals surface area contributed by atoms with Crippen molar-refractivity contribution in [1.29, 1.82) is 0 Å². The Hall–Kier alpha value is -1.11. The topological polar surface area (TPSA) is 44.8 Å². The molecule has 1 atom stereocenters. The number of carbonyl (C=O) groups is 1. The molecule has 3 rings (SSSR count).